The summed E-state index contributed by atoms with van der Waals surface area (Å²) in [4.78, 5) is 0. The number of hydrogen-bond donors (Lipinski definition) is 0. The molecule has 0 aromatic heterocycles. The van der Waals surface area contributed by atoms with Crippen LogP contribution in [0, 0.1) is 11.3 Å². The van der Waals surface area contributed by atoms with Crippen LogP contribution in [0.1, 0.15) is 5.56 Å². The summed E-state index contributed by atoms with van der Waals surface area (Å²) in [5.41, 5.74) is 0.500. The summed E-state index contributed by atoms with van der Waals surface area (Å²) in [5.74, 6) is 0.534. The number of nitrogens with zero attached hydrogens (tertiary/aromatic N) is 1. The van der Waals surface area contributed by atoms with Gasteiger partial charge in [-0.05, 0) is 12.1 Å². The van der Waals surface area contributed by atoms with Crippen molar-refractivity contribution < 1.29 is 4.74 Å². The molecule has 0 unspecified atom stereocenters. The van der Waals surface area contributed by atoms with E-state index in [9.17, 15) is 0 Å². The lowest BCUT2D eigenvalue weighted by Gasteiger charge is -2.05. The Balaban J connectivity index is 2.77. The van der Waals surface area contributed by atoms with Crippen LogP contribution >= 0.6 is 11.6 Å². The number of hydrogen-bond acceptors (Lipinski definition) is 2. The maximum atomic E-state index is 8.70. The van der Waals surface area contributed by atoms with E-state index in [1.54, 1.807) is 24.3 Å². The zero-order chi connectivity index (χ0) is 9.68. The molecule has 0 heterocycles. The predicted octanol–water partition coefficient (Wildman–Crippen LogP) is 2.69. The van der Waals surface area contributed by atoms with Crippen molar-refractivity contribution in [2.45, 2.75) is 0 Å². The highest BCUT2D eigenvalue weighted by Gasteiger charge is 2.00. The van der Waals surface area contributed by atoms with Gasteiger partial charge in [0.2, 0.25) is 0 Å². The smallest absolute Gasteiger partial charge is 0.137 e. The van der Waals surface area contributed by atoms with Gasteiger partial charge in [0, 0.05) is 5.03 Å². The summed E-state index contributed by atoms with van der Waals surface area (Å²) in [5, 5.41) is 9.11. The van der Waals surface area contributed by atoms with Gasteiger partial charge in [-0.2, -0.15) is 5.26 Å². The van der Waals surface area contributed by atoms with Crippen molar-refractivity contribution in [1.82, 2.24) is 0 Å². The molecule has 0 bridgehead atoms. The minimum absolute atomic E-state index is 0.222. The lowest BCUT2D eigenvalue weighted by atomic mass is 10.2. The highest BCUT2D eigenvalue weighted by molar-refractivity contribution is 6.29. The molecule has 0 amide bonds. The summed E-state index contributed by atoms with van der Waals surface area (Å²) < 4.78 is 5.24. The molecule has 2 nitrogen and oxygen atoms in total. The molecular weight excluding hydrogens is 186 g/mol. The molecule has 3 heteroatoms. The minimum atomic E-state index is 0.222. The molecule has 0 aliphatic carbocycles. The fourth-order valence-corrected chi connectivity index (χ4v) is 0.895. The van der Waals surface area contributed by atoms with Crippen molar-refractivity contribution in [2.75, 3.05) is 6.61 Å². The topological polar surface area (TPSA) is 33.0 Å². The molecular formula is C10H8ClNO. The molecule has 0 spiro atoms. The summed E-state index contributed by atoms with van der Waals surface area (Å²) in [7, 11) is 0. The maximum Gasteiger partial charge on any atom is 0.137 e. The van der Waals surface area contributed by atoms with Gasteiger partial charge < -0.3 is 4.74 Å². The highest BCUT2D eigenvalue weighted by atomic mass is 35.5. The highest BCUT2D eigenvalue weighted by Crippen LogP contribution is 2.17. The van der Waals surface area contributed by atoms with E-state index in [4.69, 9.17) is 21.6 Å². The largest absolute Gasteiger partial charge is 0.487 e. The minimum Gasteiger partial charge on any atom is -0.487 e. The third-order valence-corrected chi connectivity index (χ3v) is 1.50. The van der Waals surface area contributed by atoms with E-state index in [0.29, 0.717) is 16.3 Å². The van der Waals surface area contributed by atoms with Gasteiger partial charge in [0.1, 0.15) is 18.4 Å². The molecule has 0 radical (unpaired) electrons. The summed E-state index contributed by atoms with van der Waals surface area (Å²) in [6.45, 7) is 3.71. The van der Waals surface area contributed by atoms with Gasteiger partial charge in [0.25, 0.3) is 0 Å². The Bertz CT molecular complexity index is 354. The Morgan fingerprint density at radius 1 is 1.54 bits per heavy atom. The van der Waals surface area contributed by atoms with Crippen molar-refractivity contribution in [3.8, 4) is 11.8 Å². The van der Waals surface area contributed by atoms with E-state index in [2.05, 4.69) is 6.58 Å². The lowest BCUT2D eigenvalue weighted by molar-refractivity contribution is 0.358. The van der Waals surface area contributed by atoms with Crippen LogP contribution in [0.25, 0.3) is 0 Å². The average Bonchev–Trinajstić information content (AvgIpc) is 2.15. The molecule has 0 aliphatic rings. The molecule has 0 saturated carbocycles. The fraction of sp³-hybridized carbons (Fsp3) is 0.100. The molecule has 66 valence electrons. The molecule has 1 rings (SSSR count). The van der Waals surface area contributed by atoms with Crippen LogP contribution in [0.4, 0.5) is 0 Å². The van der Waals surface area contributed by atoms with Crippen molar-refractivity contribution >= 4 is 11.6 Å². The lowest BCUT2D eigenvalue weighted by Crippen LogP contribution is -1.97. The predicted molar refractivity (Wildman–Crippen MR) is 51.6 cm³/mol. The molecule has 13 heavy (non-hydrogen) atoms. The number of rotatable bonds is 3. The second-order valence-corrected chi connectivity index (χ2v) is 2.95. The summed E-state index contributed by atoms with van der Waals surface area (Å²) >= 11 is 5.52. The van der Waals surface area contributed by atoms with Gasteiger partial charge in [-0.15, -0.1) is 0 Å². The van der Waals surface area contributed by atoms with Crippen LogP contribution in [0.2, 0.25) is 0 Å². The standard InChI is InChI=1S/C10H8ClNO/c1-8(11)7-13-10-5-3-2-4-9(10)6-12/h2-5H,1,7H2. The number of para-hydroxylation sites is 1. The number of nitriles is 1. The van der Waals surface area contributed by atoms with E-state index < -0.39 is 0 Å². The first-order chi connectivity index (χ1) is 6.24. The van der Waals surface area contributed by atoms with Gasteiger partial charge in [0.15, 0.2) is 0 Å². The van der Waals surface area contributed by atoms with E-state index >= 15 is 0 Å². The van der Waals surface area contributed by atoms with E-state index in [-0.39, 0.29) is 6.61 Å². The molecule has 1 aromatic rings. The van der Waals surface area contributed by atoms with Crippen molar-refractivity contribution in [2.24, 2.45) is 0 Å². The second-order valence-electron chi connectivity index (χ2n) is 2.41. The van der Waals surface area contributed by atoms with Crippen LogP contribution in [-0.4, -0.2) is 6.61 Å². The van der Waals surface area contributed by atoms with Gasteiger partial charge in [0.05, 0.1) is 5.56 Å². The van der Waals surface area contributed by atoms with Crippen molar-refractivity contribution in [1.29, 1.82) is 5.26 Å². The SMILES string of the molecule is C=C(Cl)COc1ccccc1C#N. The first-order valence-corrected chi connectivity index (χ1v) is 4.07. The fourth-order valence-electron chi connectivity index (χ4n) is 0.841. The summed E-state index contributed by atoms with van der Waals surface area (Å²) in [6.07, 6.45) is 0. The quantitative estimate of drug-likeness (QED) is 0.740. The first-order valence-electron chi connectivity index (χ1n) is 3.69. The Hall–Kier alpha value is -1.46. The van der Waals surface area contributed by atoms with Gasteiger partial charge in [-0.1, -0.05) is 30.3 Å². The zero-order valence-corrected chi connectivity index (χ0v) is 7.71. The van der Waals surface area contributed by atoms with Crippen molar-refractivity contribution in [3.05, 3.63) is 41.4 Å². The number of benzene rings is 1. The Labute approximate surface area is 82.0 Å². The van der Waals surface area contributed by atoms with Crippen molar-refractivity contribution in [3.63, 3.8) is 0 Å². The molecule has 0 aliphatic heterocycles. The molecule has 0 atom stereocenters. The molecule has 0 fully saturated rings. The summed E-state index contributed by atoms with van der Waals surface area (Å²) in [6, 6.07) is 9.01. The third kappa shape index (κ3) is 2.81. The average molecular weight is 194 g/mol. The molecule has 0 N–H and O–H groups in total. The van der Waals surface area contributed by atoms with Crippen LogP contribution in [-0.2, 0) is 0 Å². The van der Waals surface area contributed by atoms with Crippen LogP contribution < -0.4 is 4.74 Å². The third-order valence-electron chi connectivity index (χ3n) is 1.39. The van der Waals surface area contributed by atoms with E-state index in [1.807, 2.05) is 6.07 Å². The van der Waals surface area contributed by atoms with Gasteiger partial charge >= 0.3 is 0 Å². The van der Waals surface area contributed by atoms with Gasteiger partial charge in [-0.3, -0.25) is 0 Å². The Kier molecular flexibility index (Phi) is 3.36. The first kappa shape index (κ1) is 9.63. The Morgan fingerprint density at radius 3 is 2.85 bits per heavy atom. The van der Waals surface area contributed by atoms with E-state index in [0.717, 1.165) is 0 Å². The number of ether oxygens (including phenoxy) is 1. The Morgan fingerprint density at radius 2 is 2.23 bits per heavy atom. The number of halogens is 1. The van der Waals surface area contributed by atoms with Crippen LogP contribution in [0.15, 0.2) is 35.9 Å². The molecule has 1 aromatic carbocycles. The molecule has 0 saturated heterocycles. The second kappa shape index (κ2) is 4.54. The maximum absolute atomic E-state index is 8.70. The normalized spacial score (nSPS) is 8.92. The van der Waals surface area contributed by atoms with Crippen LogP contribution in [0.3, 0.4) is 0 Å². The van der Waals surface area contributed by atoms with E-state index in [1.165, 1.54) is 0 Å². The monoisotopic (exact) mass is 193 g/mol. The zero-order valence-electron chi connectivity index (χ0n) is 6.96. The van der Waals surface area contributed by atoms with Crippen LogP contribution in [0.5, 0.6) is 5.75 Å². The van der Waals surface area contributed by atoms with Gasteiger partial charge in [-0.25, -0.2) is 0 Å².